The van der Waals surface area contributed by atoms with Crippen molar-refractivity contribution in [3.05, 3.63) is 36.2 Å². The zero-order chi connectivity index (χ0) is 20.3. The molecule has 0 atom stereocenters. The van der Waals surface area contributed by atoms with Gasteiger partial charge in [-0.05, 0) is 51.8 Å². The van der Waals surface area contributed by atoms with Crippen molar-refractivity contribution in [2.24, 2.45) is 0 Å². The maximum atomic E-state index is 12.2. The Balaban J connectivity index is 1.69. The summed E-state index contributed by atoms with van der Waals surface area (Å²) in [7, 11) is 1.60. The van der Waals surface area contributed by atoms with E-state index < -0.39 is 5.60 Å². The molecule has 1 saturated heterocycles. The lowest BCUT2D eigenvalue weighted by atomic mass is 10.0. The molecule has 0 N–H and O–H groups in total. The minimum Gasteiger partial charge on any atom is -0.497 e. The highest BCUT2D eigenvalue weighted by atomic mass is 16.6. The molecule has 1 aromatic heterocycles. The van der Waals surface area contributed by atoms with Gasteiger partial charge in [0.05, 0.1) is 31.0 Å². The van der Waals surface area contributed by atoms with E-state index in [0.29, 0.717) is 24.4 Å². The highest BCUT2D eigenvalue weighted by Gasteiger charge is 2.28. The number of likely N-dealkylation sites (tertiary alicyclic amines) is 1. The quantitative estimate of drug-likeness (QED) is 0.801. The van der Waals surface area contributed by atoms with Crippen LogP contribution in [0.25, 0.3) is 11.1 Å². The Kier molecular flexibility index (Phi) is 5.59. The summed E-state index contributed by atoms with van der Waals surface area (Å²) in [4.78, 5) is 14.0. The SMILES string of the molecule is COc1ccc(C#N)c(-c2cnn(C3CCN(C(=O)OC(C)(C)C)CC3)c2)c1. The van der Waals surface area contributed by atoms with E-state index in [1.165, 1.54) is 0 Å². The van der Waals surface area contributed by atoms with Gasteiger partial charge in [0.2, 0.25) is 0 Å². The fourth-order valence-electron chi connectivity index (χ4n) is 3.30. The van der Waals surface area contributed by atoms with Crippen LogP contribution < -0.4 is 4.74 Å². The topological polar surface area (TPSA) is 80.4 Å². The molecule has 2 aromatic rings. The first-order chi connectivity index (χ1) is 13.3. The second-order valence-corrected chi connectivity index (χ2v) is 7.93. The predicted octanol–water partition coefficient (Wildman–Crippen LogP) is 4.00. The van der Waals surface area contributed by atoms with Gasteiger partial charge in [-0.2, -0.15) is 10.4 Å². The van der Waals surface area contributed by atoms with Crippen LogP contribution in [0.15, 0.2) is 30.6 Å². The minimum atomic E-state index is -0.486. The number of carbonyl (C=O) groups is 1. The van der Waals surface area contributed by atoms with Crippen LogP contribution in [0.4, 0.5) is 4.79 Å². The van der Waals surface area contributed by atoms with Gasteiger partial charge in [-0.25, -0.2) is 4.79 Å². The summed E-state index contributed by atoms with van der Waals surface area (Å²) in [6.07, 6.45) is 5.09. The number of rotatable bonds is 3. The molecule has 0 unspecified atom stereocenters. The van der Waals surface area contributed by atoms with Gasteiger partial charge < -0.3 is 14.4 Å². The van der Waals surface area contributed by atoms with Crippen LogP contribution in [0, 0.1) is 11.3 Å². The Bertz CT molecular complexity index is 884. The number of aromatic nitrogens is 2. The molecule has 1 fully saturated rings. The Hall–Kier alpha value is -3.01. The van der Waals surface area contributed by atoms with E-state index in [0.717, 1.165) is 24.0 Å². The molecule has 7 heteroatoms. The maximum Gasteiger partial charge on any atom is 0.410 e. The number of benzene rings is 1. The second kappa shape index (κ2) is 7.93. The molecule has 7 nitrogen and oxygen atoms in total. The molecule has 28 heavy (non-hydrogen) atoms. The fourth-order valence-corrected chi connectivity index (χ4v) is 3.30. The third-order valence-electron chi connectivity index (χ3n) is 4.75. The van der Waals surface area contributed by atoms with Crippen molar-refractivity contribution >= 4 is 6.09 Å². The third kappa shape index (κ3) is 4.45. The Morgan fingerprint density at radius 1 is 1.29 bits per heavy atom. The van der Waals surface area contributed by atoms with Gasteiger partial charge in [-0.3, -0.25) is 4.68 Å². The average molecular weight is 382 g/mol. The third-order valence-corrected chi connectivity index (χ3v) is 4.75. The van der Waals surface area contributed by atoms with Crippen LogP contribution in [-0.4, -0.2) is 46.6 Å². The molecule has 0 bridgehead atoms. The normalized spacial score (nSPS) is 15.2. The van der Waals surface area contributed by atoms with Gasteiger partial charge in [0, 0.05) is 30.4 Å². The number of hydrogen-bond donors (Lipinski definition) is 0. The number of piperidine rings is 1. The van der Waals surface area contributed by atoms with Gasteiger partial charge in [0.25, 0.3) is 0 Å². The molecule has 1 aromatic carbocycles. The van der Waals surface area contributed by atoms with Crippen molar-refractivity contribution in [1.29, 1.82) is 5.26 Å². The van der Waals surface area contributed by atoms with E-state index >= 15 is 0 Å². The summed E-state index contributed by atoms with van der Waals surface area (Å²) in [5.74, 6) is 0.701. The lowest BCUT2D eigenvalue weighted by Gasteiger charge is -2.33. The number of hydrogen-bond acceptors (Lipinski definition) is 5. The van der Waals surface area contributed by atoms with E-state index in [1.54, 1.807) is 30.3 Å². The molecule has 2 heterocycles. The predicted molar refractivity (Wildman–Crippen MR) is 105 cm³/mol. The molecule has 1 aliphatic rings. The van der Waals surface area contributed by atoms with Crippen LogP contribution in [0.1, 0.15) is 45.2 Å². The van der Waals surface area contributed by atoms with Gasteiger partial charge in [0.15, 0.2) is 0 Å². The van der Waals surface area contributed by atoms with Crippen molar-refractivity contribution in [3.63, 3.8) is 0 Å². The number of amides is 1. The van der Waals surface area contributed by atoms with Gasteiger partial charge in [0.1, 0.15) is 11.4 Å². The van der Waals surface area contributed by atoms with E-state index in [2.05, 4.69) is 11.2 Å². The smallest absolute Gasteiger partial charge is 0.410 e. The Labute approximate surface area is 165 Å². The van der Waals surface area contributed by atoms with Crippen molar-refractivity contribution in [2.45, 2.75) is 45.3 Å². The zero-order valence-electron chi connectivity index (χ0n) is 16.8. The monoisotopic (exact) mass is 382 g/mol. The molecule has 1 amide bonds. The minimum absolute atomic E-state index is 0.212. The first kappa shape index (κ1) is 19.7. The van der Waals surface area contributed by atoms with Crippen molar-refractivity contribution in [2.75, 3.05) is 20.2 Å². The van der Waals surface area contributed by atoms with Gasteiger partial charge >= 0.3 is 6.09 Å². The lowest BCUT2D eigenvalue weighted by Crippen LogP contribution is -2.42. The molecule has 1 aliphatic heterocycles. The number of ether oxygens (including phenoxy) is 2. The van der Waals surface area contributed by atoms with E-state index in [1.807, 2.05) is 37.7 Å². The Morgan fingerprint density at radius 2 is 2.00 bits per heavy atom. The van der Waals surface area contributed by atoms with Crippen molar-refractivity contribution in [1.82, 2.24) is 14.7 Å². The van der Waals surface area contributed by atoms with E-state index in [4.69, 9.17) is 9.47 Å². The number of nitrogens with zero attached hydrogens (tertiary/aromatic N) is 4. The van der Waals surface area contributed by atoms with Gasteiger partial charge in [-0.1, -0.05) is 0 Å². The van der Waals surface area contributed by atoms with Crippen LogP contribution in [0.3, 0.4) is 0 Å². The summed E-state index contributed by atoms with van der Waals surface area (Å²) in [5.41, 5.74) is 1.78. The standard InChI is InChI=1S/C21H26N4O3/c1-21(2,3)28-20(26)24-9-7-17(8-10-24)25-14-16(13-23-25)19-11-18(27-4)6-5-15(19)12-22/h5-6,11,13-14,17H,7-10H2,1-4H3. The largest absolute Gasteiger partial charge is 0.497 e. The highest BCUT2D eigenvalue weighted by Crippen LogP contribution is 2.30. The molecular formula is C21H26N4O3. The van der Waals surface area contributed by atoms with Crippen LogP contribution in [-0.2, 0) is 4.74 Å². The molecule has 0 spiro atoms. The molecule has 0 saturated carbocycles. The average Bonchev–Trinajstić information content (AvgIpc) is 3.16. The zero-order valence-corrected chi connectivity index (χ0v) is 16.8. The molecule has 3 rings (SSSR count). The number of carbonyl (C=O) groups excluding carboxylic acids is 1. The van der Waals surface area contributed by atoms with Crippen LogP contribution in [0.2, 0.25) is 0 Å². The summed E-state index contributed by atoms with van der Waals surface area (Å²) in [5, 5.41) is 13.9. The summed E-state index contributed by atoms with van der Waals surface area (Å²) < 4.78 is 12.7. The number of nitriles is 1. The Morgan fingerprint density at radius 3 is 2.61 bits per heavy atom. The summed E-state index contributed by atoms with van der Waals surface area (Å²) in [6.45, 7) is 6.89. The molecule has 148 valence electrons. The highest BCUT2D eigenvalue weighted by molar-refractivity contribution is 5.71. The van der Waals surface area contributed by atoms with Crippen molar-refractivity contribution in [3.8, 4) is 22.9 Å². The molecular weight excluding hydrogens is 356 g/mol. The molecule has 0 radical (unpaired) electrons. The fraction of sp³-hybridized carbons (Fsp3) is 0.476. The number of methoxy groups -OCH3 is 1. The summed E-state index contributed by atoms with van der Waals surface area (Å²) >= 11 is 0. The molecule has 0 aliphatic carbocycles. The lowest BCUT2D eigenvalue weighted by molar-refractivity contribution is 0.0185. The maximum absolute atomic E-state index is 12.2. The van der Waals surface area contributed by atoms with E-state index in [9.17, 15) is 10.1 Å². The van der Waals surface area contributed by atoms with Crippen LogP contribution >= 0.6 is 0 Å². The van der Waals surface area contributed by atoms with Gasteiger partial charge in [-0.15, -0.1) is 0 Å². The van der Waals surface area contributed by atoms with Crippen LogP contribution in [0.5, 0.6) is 5.75 Å². The summed E-state index contributed by atoms with van der Waals surface area (Å²) in [6, 6.07) is 7.82. The van der Waals surface area contributed by atoms with Crippen molar-refractivity contribution < 1.29 is 14.3 Å². The second-order valence-electron chi connectivity index (χ2n) is 7.93. The first-order valence-corrected chi connectivity index (χ1v) is 9.41. The first-order valence-electron chi connectivity index (χ1n) is 9.41. The van der Waals surface area contributed by atoms with E-state index in [-0.39, 0.29) is 12.1 Å².